The first-order valence-electron chi connectivity index (χ1n) is 5.83. The van der Waals surface area contributed by atoms with Crippen LogP contribution in [0.25, 0.3) is 0 Å². The quantitative estimate of drug-likeness (QED) is 0.652. The summed E-state index contributed by atoms with van der Waals surface area (Å²) < 4.78 is 0. The minimum atomic E-state index is 0.177. The third-order valence-corrected chi connectivity index (χ3v) is 2.87. The molecule has 2 atom stereocenters. The summed E-state index contributed by atoms with van der Waals surface area (Å²) in [5.41, 5.74) is 0. The Kier molecular flexibility index (Phi) is 5.40. The van der Waals surface area contributed by atoms with Gasteiger partial charge in [0.15, 0.2) is 0 Å². The highest BCUT2D eigenvalue weighted by Gasteiger charge is 2.15. The Morgan fingerprint density at radius 2 is 2.53 bits per heavy atom. The molecule has 0 spiro atoms. The average molecular weight is 210 g/mol. The lowest BCUT2D eigenvalue weighted by atomic mass is 10.0. The molecule has 3 nitrogen and oxygen atoms in total. The van der Waals surface area contributed by atoms with Gasteiger partial charge in [-0.25, -0.2) is 0 Å². The van der Waals surface area contributed by atoms with Gasteiger partial charge in [0.25, 0.3) is 0 Å². The van der Waals surface area contributed by atoms with Crippen molar-refractivity contribution in [3.05, 3.63) is 12.7 Å². The smallest absolute Gasteiger partial charge is 0.220 e. The molecule has 2 N–H and O–H groups in total. The fraction of sp³-hybridized carbons (Fsp3) is 0.750. The number of hydrogen-bond donors (Lipinski definition) is 2. The molecule has 1 saturated heterocycles. The first-order chi connectivity index (χ1) is 7.22. The molecule has 2 unspecified atom stereocenters. The van der Waals surface area contributed by atoms with Crippen LogP contribution < -0.4 is 10.6 Å². The highest BCUT2D eigenvalue weighted by Crippen LogP contribution is 2.14. The van der Waals surface area contributed by atoms with Crippen molar-refractivity contribution in [3.63, 3.8) is 0 Å². The highest BCUT2D eigenvalue weighted by atomic mass is 16.1. The molecule has 3 heteroatoms. The highest BCUT2D eigenvalue weighted by molar-refractivity contribution is 5.76. The second-order valence-corrected chi connectivity index (χ2v) is 4.39. The van der Waals surface area contributed by atoms with Gasteiger partial charge in [0, 0.05) is 12.5 Å². The molecule has 1 heterocycles. The minimum absolute atomic E-state index is 0.177. The molecule has 0 aromatic rings. The van der Waals surface area contributed by atoms with Gasteiger partial charge < -0.3 is 10.6 Å². The number of rotatable bonds is 6. The van der Waals surface area contributed by atoms with Crippen LogP contribution in [-0.2, 0) is 4.79 Å². The van der Waals surface area contributed by atoms with Crippen molar-refractivity contribution in [3.8, 4) is 0 Å². The largest absolute Gasteiger partial charge is 0.353 e. The first-order valence-corrected chi connectivity index (χ1v) is 5.83. The van der Waals surface area contributed by atoms with Crippen molar-refractivity contribution >= 4 is 5.91 Å². The maximum atomic E-state index is 11.5. The van der Waals surface area contributed by atoms with Crippen LogP contribution in [0.1, 0.15) is 32.6 Å². The van der Waals surface area contributed by atoms with E-state index in [0.29, 0.717) is 12.3 Å². The van der Waals surface area contributed by atoms with Crippen LogP contribution in [0.5, 0.6) is 0 Å². The Bertz CT molecular complexity index is 210. The lowest BCUT2D eigenvalue weighted by Crippen LogP contribution is -2.32. The SMILES string of the molecule is C=CCC(C)NC(=O)CCC1CCNC1. The average Bonchev–Trinajstić information content (AvgIpc) is 2.67. The van der Waals surface area contributed by atoms with Gasteiger partial charge in [-0.1, -0.05) is 6.08 Å². The third-order valence-electron chi connectivity index (χ3n) is 2.87. The summed E-state index contributed by atoms with van der Waals surface area (Å²) in [6.45, 7) is 7.86. The van der Waals surface area contributed by atoms with E-state index in [-0.39, 0.29) is 11.9 Å². The van der Waals surface area contributed by atoms with Crippen LogP contribution in [0.3, 0.4) is 0 Å². The lowest BCUT2D eigenvalue weighted by molar-refractivity contribution is -0.121. The second-order valence-electron chi connectivity index (χ2n) is 4.39. The number of carbonyl (C=O) groups excluding carboxylic acids is 1. The summed E-state index contributed by atoms with van der Waals surface area (Å²) in [4.78, 5) is 11.5. The standard InChI is InChI=1S/C12H22N2O/c1-3-4-10(2)14-12(15)6-5-11-7-8-13-9-11/h3,10-11,13H,1,4-9H2,2H3,(H,14,15). The van der Waals surface area contributed by atoms with Gasteiger partial charge in [0.05, 0.1) is 0 Å². The molecule has 0 bridgehead atoms. The van der Waals surface area contributed by atoms with E-state index in [1.165, 1.54) is 6.42 Å². The van der Waals surface area contributed by atoms with E-state index >= 15 is 0 Å². The van der Waals surface area contributed by atoms with E-state index < -0.39 is 0 Å². The van der Waals surface area contributed by atoms with Gasteiger partial charge >= 0.3 is 0 Å². The molecule has 0 aromatic heterocycles. The van der Waals surface area contributed by atoms with E-state index in [1.807, 2.05) is 13.0 Å². The molecule has 0 aliphatic carbocycles. The zero-order chi connectivity index (χ0) is 11.1. The summed E-state index contributed by atoms with van der Waals surface area (Å²) in [5.74, 6) is 0.877. The van der Waals surface area contributed by atoms with Gasteiger partial charge in [-0.15, -0.1) is 6.58 Å². The summed E-state index contributed by atoms with van der Waals surface area (Å²) >= 11 is 0. The zero-order valence-corrected chi connectivity index (χ0v) is 9.59. The minimum Gasteiger partial charge on any atom is -0.353 e. The molecule has 1 rings (SSSR count). The van der Waals surface area contributed by atoms with Crippen molar-refractivity contribution in [2.75, 3.05) is 13.1 Å². The Hall–Kier alpha value is -0.830. The van der Waals surface area contributed by atoms with Gasteiger partial charge in [0.2, 0.25) is 5.91 Å². The van der Waals surface area contributed by atoms with E-state index in [1.54, 1.807) is 0 Å². The Morgan fingerprint density at radius 1 is 1.73 bits per heavy atom. The lowest BCUT2D eigenvalue weighted by Gasteiger charge is -2.13. The van der Waals surface area contributed by atoms with Crippen molar-refractivity contribution in [1.29, 1.82) is 0 Å². The summed E-state index contributed by atoms with van der Waals surface area (Å²) in [7, 11) is 0. The maximum absolute atomic E-state index is 11.5. The van der Waals surface area contributed by atoms with E-state index in [9.17, 15) is 4.79 Å². The Balaban J connectivity index is 2.09. The number of hydrogen-bond acceptors (Lipinski definition) is 2. The summed E-state index contributed by atoms with van der Waals surface area (Å²) in [6.07, 6.45) is 5.57. The zero-order valence-electron chi connectivity index (χ0n) is 9.59. The van der Waals surface area contributed by atoms with Crippen LogP contribution in [-0.4, -0.2) is 25.0 Å². The Labute approximate surface area is 92.3 Å². The fourth-order valence-corrected chi connectivity index (χ4v) is 1.95. The van der Waals surface area contributed by atoms with Gasteiger partial charge in [-0.05, 0) is 45.2 Å². The van der Waals surface area contributed by atoms with Crippen LogP contribution in [0.2, 0.25) is 0 Å². The van der Waals surface area contributed by atoms with Gasteiger partial charge in [0.1, 0.15) is 0 Å². The van der Waals surface area contributed by atoms with E-state index in [2.05, 4.69) is 17.2 Å². The topological polar surface area (TPSA) is 41.1 Å². The van der Waals surface area contributed by atoms with Crippen LogP contribution >= 0.6 is 0 Å². The van der Waals surface area contributed by atoms with Crippen LogP contribution in [0.15, 0.2) is 12.7 Å². The molecule has 1 aliphatic rings. The molecule has 0 radical (unpaired) electrons. The number of amides is 1. The fourth-order valence-electron chi connectivity index (χ4n) is 1.95. The molecular formula is C12H22N2O. The molecule has 1 amide bonds. The van der Waals surface area contributed by atoms with Crippen molar-refractivity contribution < 1.29 is 4.79 Å². The van der Waals surface area contributed by atoms with E-state index in [0.717, 1.165) is 25.9 Å². The van der Waals surface area contributed by atoms with Gasteiger partial charge in [-0.3, -0.25) is 4.79 Å². The van der Waals surface area contributed by atoms with Gasteiger partial charge in [-0.2, -0.15) is 0 Å². The predicted molar refractivity (Wildman–Crippen MR) is 62.6 cm³/mol. The number of nitrogens with one attached hydrogen (secondary N) is 2. The molecule has 0 saturated carbocycles. The maximum Gasteiger partial charge on any atom is 0.220 e. The van der Waals surface area contributed by atoms with Crippen molar-refractivity contribution in [2.24, 2.45) is 5.92 Å². The molecular weight excluding hydrogens is 188 g/mol. The van der Waals surface area contributed by atoms with Crippen LogP contribution in [0.4, 0.5) is 0 Å². The molecule has 1 fully saturated rings. The molecule has 15 heavy (non-hydrogen) atoms. The van der Waals surface area contributed by atoms with Crippen molar-refractivity contribution in [2.45, 2.75) is 38.6 Å². The number of carbonyl (C=O) groups is 1. The first kappa shape index (κ1) is 12.2. The summed E-state index contributed by atoms with van der Waals surface area (Å²) in [6, 6.07) is 0.219. The molecule has 0 aromatic carbocycles. The Morgan fingerprint density at radius 3 is 3.13 bits per heavy atom. The second kappa shape index (κ2) is 6.62. The summed E-state index contributed by atoms with van der Waals surface area (Å²) in [5, 5.41) is 6.29. The normalized spacial score (nSPS) is 22.3. The molecule has 1 aliphatic heterocycles. The third kappa shape index (κ3) is 4.98. The van der Waals surface area contributed by atoms with Crippen molar-refractivity contribution in [1.82, 2.24) is 10.6 Å². The van der Waals surface area contributed by atoms with E-state index in [4.69, 9.17) is 0 Å². The van der Waals surface area contributed by atoms with Crippen LogP contribution in [0, 0.1) is 5.92 Å². The molecule has 86 valence electrons. The predicted octanol–water partition coefficient (Wildman–Crippen LogP) is 1.46. The monoisotopic (exact) mass is 210 g/mol.